The molecule has 0 radical (unpaired) electrons. The molecule has 0 aromatic carbocycles. The summed E-state index contributed by atoms with van der Waals surface area (Å²) in [7, 11) is 4.25. The summed E-state index contributed by atoms with van der Waals surface area (Å²) in [6.07, 6.45) is 7.97. The first-order valence-electron chi connectivity index (χ1n) is 10.3. The Bertz CT molecular complexity index is 1020. The minimum absolute atomic E-state index is 0.328. The number of pyridine rings is 2. The second kappa shape index (κ2) is 8.73. The van der Waals surface area contributed by atoms with Crippen LogP contribution in [0.4, 0.5) is 0 Å². The number of nitrogens with zero attached hydrogens (tertiary/aromatic N) is 6. The van der Waals surface area contributed by atoms with Crippen molar-refractivity contribution in [2.75, 3.05) is 20.6 Å². The van der Waals surface area contributed by atoms with Gasteiger partial charge in [-0.25, -0.2) is 4.98 Å². The Labute approximate surface area is 172 Å². The van der Waals surface area contributed by atoms with Gasteiger partial charge in [0.25, 0.3) is 0 Å². The van der Waals surface area contributed by atoms with E-state index in [1.54, 1.807) is 0 Å². The minimum atomic E-state index is 0.328. The van der Waals surface area contributed by atoms with Crippen molar-refractivity contribution >= 4 is 5.65 Å². The number of nitriles is 1. The van der Waals surface area contributed by atoms with E-state index in [1.165, 1.54) is 23.4 Å². The third kappa shape index (κ3) is 4.16. The SMILES string of the molecule is CN(CCC#N)Cc1c(CN(C)[C@H]2CCCc3cccnc32)nc2ccccn12. The van der Waals surface area contributed by atoms with E-state index < -0.39 is 0 Å². The maximum Gasteiger partial charge on any atom is 0.137 e. The van der Waals surface area contributed by atoms with E-state index >= 15 is 0 Å². The second-order valence-electron chi connectivity index (χ2n) is 7.95. The van der Waals surface area contributed by atoms with Gasteiger partial charge in [0.1, 0.15) is 5.65 Å². The summed E-state index contributed by atoms with van der Waals surface area (Å²) in [5.74, 6) is 0. The Morgan fingerprint density at radius 2 is 2.10 bits per heavy atom. The molecule has 0 N–H and O–H groups in total. The summed E-state index contributed by atoms with van der Waals surface area (Å²) >= 11 is 0. The van der Waals surface area contributed by atoms with Crippen LogP contribution in [0, 0.1) is 11.3 Å². The lowest BCUT2D eigenvalue weighted by atomic mass is 9.91. The van der Waals surface area contributed by atoms with Crippen molar-refractivity contribution in [1.82, 2.24) is 24.2 Å². The van der Waals surface area contributed by atoms with Gasteiger partial charge in [0, 0.05) is 38.4 Å². The number of hydrogen-bond donors (Lipinski definition) is 0. The van der Waals surface area contributed by atoms with Crippen molar-refractivity contribution in [3.8, 4) is 6.07 Å². The van der Waals surface area contributed by atoms with Crippen LogP contribution >= 0.6 is 0 Å². The fraction of sp³-hybridized carbons (Fsp3) is 0.435. The van der Waals surface area contributed by atoms with Crippen LogP contribution in [0.15, 0.2) is 42.7 Å². The first kappa shape index (κ1) is 19.6. The zero-order chi connectivity index (χ0) is 20.2. The van der Waals surface area contributed by atoms with Gasteiger partial charge in [-0.2, -0.15) is 5.26 Å². The van der Waals surface area contributed by atoms with Crippen molar-refractivity contribution in [2.24, 2.45) is 0 Å². The molecule has 0 bridgehead atoms. The third-order valence-electron chi connectivity index (χ3n) is 5.83. The maximum atomic E-state index is 8.90. The number of hydrogen-bond acceptors (Lipinski definition) is 5. The number of aryl methyl sites for hydroxylation is 1. The molecular weight excluding hydrogens is 360 g/mol. The van der Waals surface area contributed by atoms with E-state index in [9.17, 15) is 0 Å². The molecule has 0 unspecified atom stereocenters. The molecule has 0 spiro atoms. The van der Waals surface area contributed by atoms with Gasteiger partial charge in [0.2, 0.25) is 0 Å². The predicted molar refractivity (Wildman–Crippen MR) is 113 cm³/mol. The molecule has 6 nitrogen and oxygen atoms in total. The van der Waals surface area contributed by atoms with E-state index in [0.29, 0.717) is 12.5 Å². The average Bonchev–Trinajstić information content (AvgIpc) is 3.08. The van der Waals surface area contributed by atoms with Gasteiger partial charge in [-0.3, -0.25) is 14.8 Å². The molecular formula is C23H28N6. The van der Waals surface area contributed by atoms with Crippen molar-refractivity contribution in [2.45, 2.75) is 44.8 Å². The van der Waals surface area contributed by atoms with Gasteiger partial charge in [-0.05, 0) is 57.1 Å². The molecule has 150 valence electrons. The fourth-order valence-electron chi connectivity index (χ4n) is 4.33. The summed E-state index contributed by atoms with van der Waals surface area (Å²) in [6.45, 7) is 2.31. The minimum Gasteiger partial charge on any atom is -0.302 e. The molecule has 4 rings (SSSR count). The molecule has 3 aromatic rings. The van der Waals surface area contributed by atoms with Crippen molar-refractivity contribution < 1.29 is 0 Å². The normalized spacial score (nSPS) is 16.3. The lowest BCUT2D eigenvalue weighted by Crippen LogP contribution is -2.29. The van der Waals surface area contributed by atoms with E-state index in [0.717, 1.165) is 43.8 Å². The largest absolute Gasteiger partial charge is 0.302 e. The quantitative estimate of drug-likeness (QED) is 0.619. The van der Waals surface area contributed by atoms with Crippen molar-refractivity contribution in [3.05, 3.63) is 65.4 Å². The smallest absolute Gasteiger partial charge is 0.137 e. The molecule has 6 heteroatoms. The molecule has 3 aromatic heterocycles. The summed E-state index contributed by atoms with van der Waals surface area (Å²) < 4.78 is 2.18. The highest BCUT2D eigenvalue weighted by atomic mass is 15.2. The van der Waals surface area contributed by atoms with E-state index in [1.807, 2.05) is 24.4 Å². The molecule has 0 saturated carbocycles. The van der Waals surface area contributed by atoms with Gasteiger partial charge in [0.05, 0.1) is 29.2 Å². The standard InChI is InChI=1S/C23H28N6/c1-27(14-7-12-24)17-21-19(26-22-11-3-4-15-29(21)22)16-28(2)20-10-5-8-18-9-6-13-25-23(18)20/h3-4,6,9,11,13,15,20H,5,7-8,10,14,16-17H2,1-2H3/t20-/m0/s1. The van der Waals surface area contributed by atoms with Crippen LogP contribution < -0.4 is 0 Å². The summed E-state index contributed by atoms with van der Waals surface area (Å²) in [4.78, 5) is 14.2. The maximum absolute atomic E-state index is 8.90. The number of imidazole rings is 1. The lowest BCUT2D eigenvalue weighted by Gasteiger charge is -2.32. The summed E-state index contributed by atoms with van der Waals surface area (Å²) in [5.41, 5.74) is 5.87. The Morgan fingerprint density at radius 3 is 2.97 bits per heavy atom. The first-order valence-corrected chi connectivity index (χ1v) is 10.3. The van der Waals surface area contributed by atoms with Gasteiger partial charge in [0.15, 0.2) is 0 Å². The molecule has 0 saturated heterocycles. The van der Waals surface area contributed by atoms with E-state index in [-0.39, 0.29) is 0 Å². The summed E-state index contributed by atoms with van der Waals surface area (Å²) in [5, 5.41) is 8.90. The van der Waals surface area contributed by atoms with Crippen molar-refractivity contribution in [3.63, 3.8) is 0 Å². The molecule has 1 aliphatic rings. The molecule has 3 heterocycles. The van der Waals surface area contributed by atoms with E-state index in [2.05, 4.69) is 52.7 Å². The van der Waals surface area contributed by atoms with Crippen LogP contribution in [0.25, 0.3) is 5.65 Å². The average molecular weight is 389 g/mol. The molecule has 0 aliphatic heterocycles. The van der Waals surface area contributed by atoms with Gasteiger partial charge >= 0.3 is 0 Å². The lowest BCUT2D eigenvalue weighted by molar-refractivity contribution is 0.205. The van der Waals surface area contributed by atoms with Gasteiger partial charge in [-0.15, -0.1) is 0 Å². The third-order valence-corrected chi connectivity index (χ3v) is 5.83. The summed E-state index contributed by atoms with van der Waals surface area (Å²) in [6, 6.07) is 12.9. The van der Waals surface area contributed by atoms with Crippen LogP contribution in [-0.2, 0) is 19.5 Å². The second-order valence-corrected chi connectivity index (χ2v) is 7.95. The molecule has 0 fully saturated rings. The highest BCUT2D eigenvalue weighted by molar-refractivity contribution is 5.43. The Morgan fingerprint density at radius 1 is 1.21 bits per heavy atom. The number of fused-ring (bicyclic) bond motifs is 2. The Hall–Kier alpha value is -2.75. The molecule has 0 amide bonds. The van der Waals surface area contributed by atoms with Crippen LogP contribution in [0.3, 0.4) is 0 Å². The number of aromatic nitrogens is 3. The van der Waals surface area contributed by atoms with Crippen LogP contribution in [0.2, 0.25) is 0 Å². The monoisotopic (exact) mass is 388 g/mol. The predicted octanol–water partition coefficient (Wildman–Crippen LogP) is 3.58. The highest BCUT2D eigenvalue weighted by Gasteiger charge is 2.26. The molecule has 1 aliphatic carbocycles. The highest BCUT2D eigenvalue weighted by Crippen LogP contribution is 2.33. The number of rotatable bonds is 7. The Kier molecular flexibility index (Phi) is 5.89. The fourth-order valence-corrected chi connectivity index (χ4v) is 4.33. The topological polar surface area (TPSA) is 60.5 Å². The zero-order valence-corrected chi connectivity index (χ0v) is 17.3. The van der Waals surface area contributed by atoms with Crippen LogP contribution in [0.5, 0.6) is 0 Å². The van der Waals surface area contributed by atoms with E-state index in [4.69, 9.17) is 15.2 Å². The van der Waals surface area contributed by atoms with Gasteiger partial charge in [-0.1, -0.05) is 12.1 Å². The van der Waals surface area contributed by atoms with Crippen LogP contribution in [-0.4, -0.2) is 44.8 Å². The first-order chi connectivity index (χ1) is 14.2. The molecule has 29 heavy (non-hydrogen) atoms. The zero-order valence-electron chi connectivity index (χ0n) is 17.3. The van der Waals surface area contributed by atoms with Gasteiger partial charge < -0.3 is 4.40 Å². The molecule has 1 atom stereocenters. The van der Waals surface area contributed by atoms with Crippen LogP contribution in [0.1, 0.15) is 47.9 Å². The Balaban J connectivity index is 1.61. The van der Waals surface area contributed by atoms with Crippen molar-refractivity contribution in [1.29, 1.82) is 5.26 Å².